The Morgan fingerprint density at radius 3 is 2.28 bits per heavy atom. The molecule has 0 aliphatic carbocycles. The molecule has 0 radical (unpaired) electrons. The van der Waals surface area contributed by atoms with Crippen molar-refractivity contribution in [1.29, 1.82) is 0 Å². The van der Waals surface area contributed by atoms with Gasteiger partial charge >= 0.3 is 25.6 Å². The zero-order valence-electron chi connectivity index (χ0n) is 11.0. The van der Waals surface area contributed by atoms with Crippen LogP contribution in [0.4, 0.5) is 0 Å². The van der Waals surface area contributed by atoms with E-state index >= 15 is 0 Å². The van der Waals surface area contributed by atoms with Crippen molar-refractivity contribution >= 4 is 12.2 Å². The first kappa shape index (κ1) is 13.9. The predicted molar refractivity (Wildman–Crippen MR) is 62.1 cm³/mol. The topological polar surface area (TPSA) is 49.8 Å². The quantitative estimate of drug-likeness (QED) is 0.530. The van der Waals surface area contributed by atoms with Crippen LogP contribution in [0.5, 0.6) is 5.88 Å². The Bertz CT molecular complexity index is 403. The molecule has 0 saturated carbocycles. The van der Waals surface area contributed by atoms with Crippen molar-refractivity contribution in [3.63, 3.8) is 0 Å². The molecule has 7 heteroatoms. The van der Waals surface area contributed by atoms with Crippen molar-refractivity contribution in [3.05, 3.63) is 18.3 Å². The van der Waals surface area contributed by atoms with Gasteiger partial charge in [0.05, 0.1) is 7.11 Å². The van der Waals surface area contributed by atoms with Gasteiger partial charge in [0, 0.05) is 31.4 Å². The van der Waals surface area contributed by atoms with Gasteiger partial charge in [-0.15, -0.1) is 5.46 Å². The molecule has 2 bridgehead atoms. The number of ether oxygens (including phenoxy) is 1. The van der Waals surface area contributed by atoms with Gasteiger partial charge in [0.25, 0.3) is 0 Å². The third-order valence-electron chi connectivity index (χ3n) is 3.33. The fourth-order valence-electron chi connectivity index (χ4n) is 2.21. The molecule has 0 N–H and O–H groups in total. The maximum absolute atomic E-state index is 5.76. The van der Waals surface area contributed by atoms with Crippen LogP contribution in [0.25, 0.3) is 0 Å². The first-order valence-corrected chi connectivity index (χ1v) is 5.72. The number of nitrogens with zero attached hydrogens (tertiary/aromatic N) is 1. The van der Waals surface area contributed by atoms with Crippen molar-refractivity contribution in [2.45, 2.75) is 6.92 Å². The van der Waals surface area contributed by atoms with Crippen LogP contribution >= 0.6 is 0 Å². The van der Waals surface area contributed by atoms with Gasteiger partial charge < -0.3 is 18.7 Å². The number of hydrogen-bond donors (Lipinski definition) is 0. The molecular weight excluding hydrogens is 228 g/mol. The number of fused-ring (bicyclic) bond motifs is 3. The number of hydrogen-bond acceptors (Lipinski definition) is 5. The van der Waals surface area contributed by atoms with Crippen LogP contribution in [0.1, 0.15) is 6.92 Å². The summed E-state index contributed by atoms with van der Waals surface area (Å²) in [6, 6.07) is 3.66. The van der Waals surface area contributed by atoms with Gasteiger partial charge in [0.15, 0.2) is 0 Å². The summed E-state index contributed by atoms with van der Waals surface area (Å²) < 4.78 is 22.3. The summed E-state index contributed by atoms with van der Waals surface area (Å²) >= 11 is 0. The summed E-state index contributed by atoms with van der Waals surface area (Å²) in [4.78, 5) is 4.15. The van der Waals surface area contributed by atoms with Crippen LogP contribution in [0.15, 0.2) is 18.3 Å². The zero-order chi connectivity index (χ0) is 11.9. The smallest absolute Gasteiger partial charge is 0.540 e. The second-order valence-electron chi connectivity index (χ2n) is 5.02. The summed E-state index contributed by atoms with van der Waals surface area (Å²) in [5.41, 5.74) is 0.816. The molecule has 3 saturated heterocycles. The van der Waals surface area contributed by atoms with Crippen LogP contribution in [0.2, 0.25) is 0 Å². The molecule has 92 valence electrons. The summed E-state index contributed by atoms with van der Waals surface area (Å²) in [6.45, 7) is 2.30. The average molecular weight is 243 g/mol. The standard InChI is InChI=1S/C11H15BNO4.Li/c1-11-6-15-12(16-7-11,17-8-11)9-3-4-10(14-2)13-5-9;/h3-5H,6-8H2,1-2H3;/q-1;+1. The van der Waals surface area contributed by atoms with E-state index in [1.165, 1.54) is 0 Å². The molecule has 3 fully saturated rings. The van der Waals surface area contributed by atoms with Gasteiger partial charge in [-0.25, -0.2) is 4.98 Å². The van der Waals surface area contributed by atoms with Crippen LogP contribution in [0.3, 0.4) is 0 Å². The Morgan fingerprint density at radius 2 is 1.83 bits per heavy atom. The Kier molecular flexibility index (Phi) is 3.77. The van der Waals surface area contributed by atoms with Crippen molar-refractivity contribution in [2.24, 2.45) is 5.41 Å². The average Bonchev–Trinajstić information content (AvgIpc) is 2.40. The number of pyridine rings is 1. The summed E-state index contributed by atoms with van der Waals surface area (Å²) in [7, 11) is 1.58. The van der Waals surface area contributed by atoms with Crippen molar-refractivity contribution in [2.75, 3.05) is 26.9 Å². The molecule has 5 nitrogen and oxygen atoms in total. The minimum atomic E-state index is -1.79. The van der Waals surface area contributed by atoms with Crippen molar-refractivity contribution < 1.29 is 37.6 Å². The van der Waals surface area contributed by atoms with Crippen LogP contribution in [-0.2, 0) is 14.0 Å². The SMILES string of the molecule is COc1ccc([B-]23OCC(C)(CO2)CO3)cn1.[Li+]. The second-order valence-corrected chi connectivity index (χ2v) is 5.02. The molecule has 0 unspecified atom stereocenters. The van der Waals surface area contributed by atoms with Crippen molar-refractivity contribution in [1.82, 2.24) is 4.98 Å². The molecule has 0 spiro atoms. The minimum Gasteiger partial charge on any atom is -0.540 e. The molecule has 4 rings (SSSR count). The van der Waals surface area contributed by atoms with E-state index in [2.05, 4.69) is 11.9 Å². The normalized spacial score (nSPS) is 33.9. The van der Waals surface area contributed by atoms with E-state index < -0.39 is 6.75 Å². The molecule has 0 atom stereocenters. The monoisotopic (exact) mass is 243 g/mol. The summed E-state index contributed by atoms with van der Waals surface area (Å²) in [5.74, 6) is 0.567. The van der Waals surface area contributed by atoms with Crippen LogP contribution in [-0.4, -0.2) is 38.7 Å². The first-order chi connectivity index (χ1) is 8.16. The Hall–Kier alpha value is -0.508. The van der Waals surface area contributed by atoms with Gasteiger partial charge in [-0.2, -0.15) is 0 Å². The van der Waals surface area contributed by atoms with Crippen LogP contribution < -0.4 is 29.1 Å². The Balaban J connectivity index is 0.00000120. The van der Waals surface area contributed by atoms with Gasteiger partial charge in [-0.1, -0.05) is 13.0 Å². The third kappa shape index (κ3) is 2.20. The van der Waals surface area contributed by atoms with Gasteiger partial charge in [0.2, 0.25) is 5.88 Å². The Labute approximate surface area is 118 Å². The Morgan fingerprint density at radius 1 is 1.22 bits per heavy atom. The van der Waals surface area contributed by atoms with Crippen LogP contribution in [0, 0.1) is 5.41 Å². The molecule has 0 aromatic carbocycles. The second kappa shape index (κ2) is 4.88. The fourth-order valence-corrected chi connectivity index (χ4v) is 2.21. The van der Waals surface area contributed by atoms with Crippen molar-refractivity contribution in [3.8, 4) is 5.88 Å². The largest absolute Gasteiger partial charge is 1.00 e. The first-order valence-electron chi connectivity index (χ1n) is 5.72. The molecular formula is C11H15BLiNO4. The summed E-state index contributed by atoms with van der Waals surface area (Å²) in [5, 5.41) is 0. The summed E-state index contributed by atoms with van der Waals surface area (Å²) in [6.07, 6.45) is 1.69. The van der Waals surface area contributed by atoms with E-state index in [0.717, 1.165) is 5.46 Å². The van der Waals surface area contributed by atoms with E-state index in [4.69, 9.17) is 18.7 Å². The maximum atomic E-state index is 5.76. The third-order valence-corrected chi connectivity index (χ3v) is 3.33. The number of methoxy groups -OCH3 is 1. The van der Waals surface area contributed by atoms with E-state index in [9.17, 15) is 0 Å². The number of aromatic nitrogens is 1. The maximum Gasteiger partial charge on any atom is 1.00 e. The van der Waals surface area contributed by atoms with E-state index in [-0.39, 0.29) is 24.3 Å². The molecule has 4 heterocycles. The van der Waals surface area contributed by atoms with E-state index in [0.29, 0.717) is 25.7 Å². The van der Waals surface area contributed by atoms with Gasteiger partial charge in [-0.3, -0.25) is 0 Å². The zero-order valence-corrected chi connectivity index (χ0v) is 11.0. The minimum absolute atomic E-state index is 0. The van der Waals surface area contributed by atoms with E-state index in [1.807, 2.05) is 6.07 Å². The van der Waals surface area contributed by atoms with Gasteiger partial charge in [-0.05, 0) is 6.07 Å². The fraction of sp³-hybridized carbons (Fsp3) is 0.545. The molecule has 3 aliphatic heterocycles. The molecule has 18 heavy (non-hydrogen) atoms. The van der Waals surface area contributed by atoms with E-state index in [1.54, 1.807) is 19.4 Å². The molecule has 1 aromatic heterocycles. The number of rotatable bonds is 2. The molecule has 1 aromatic rings. The molecule has 3 aliphatic rings. The van der Waals surface area contributed by atoms with Gasteiger partial charge in [0.1, 0.15) is 0 Å². The predicted octanol–water partition coefficient (Wildman–Crippen LogP) is -2.68. The molecule has 0 amide bonds.